The van der Waals surface area contributed by atoms with Crippen molar-refractivity contribution in [3.05, 3.63) is 12.7 Å². The SMILES string of the molecule is C=CCNC(=NCC(=O)N(C)C)N1CCC(C)C(C)C1.I. The fraction of sp³-hybridized carbons (Fsp3) is 0.733. The highest BCUT2D eigenvalue weighted by molar-refractivity contribution is 14.0. The Balaban J connectivity index is 0.00000400. The summed E-state index contributed by atoms with van der Waals surface area (Å²) in [7, 11) is 3.50. The summed E-state index contributed by atoms with van der Waals surface area (Å²) >= 11 is 0. The number of nitrogens with zero attached hydrogens (tertiary/aromatic N) is 3. The summed E-state index contributed by atoms with van der Waals surface area (Å²) in [6, 6.07) is 0. The first kappa shape index (κ1) is 20.2. The average Bonchev–Trinajstić information content (AvgIpc) is 2.41. The lowest BCUT2D eigenvalue weighted by molar-refractivity contribution is -0.127. The lowest BCUT2D eigenvalue weighted by Gasteiger charge is -2.37. The molecule has 2 unspecified atom stereocenters. The first-order chi connectivity index (χ1) is 9.45. The molecule has 6 heteroatoms. The molecular formula is C15H29IN4O. The summed E-state index contributed by atoms with van der Waals surface area (Å²) in [6.45, 7) is 11.1. The van der Waals surface area contributed by atoms with Gasteiger partial charge in [-0.1, -0.05) is 19.9 Å². The van der Waals surface area contributed by atoms with E-state index in [0.29, 0.717) is 12.5 Å². The van der Waals surface area contributed by atoms with Gasteiger partial charge in [0.25, 0.3) is 0 Å². The molecule has 0 aliphatic carbocycles. The van der Waals surface area contributed by atoms with Crippen LogP contribution in [0, 0.1) is 11.8 Å². The third-order valence-corrected chi connectivity index (χ3v) is 3.90. The molecule has 1 fully saturated rings. The number of halogens is 1. The van der Waals surface area contributed by atoms with Crippen molar-refractivity contribution in [1.29, 1.82) is 0 Å². The van der Waals surface area contributed by atoms with Gasteiger partial charge in [0, 0.05) is 33.7 Å². The van der Waals surface area contributed by atoms with E-state index in [-0.39, 0.29) is 36.4 Å². The second-order valence-corrected chi connectivity index (χ2v) is 5.79. The van der Waals surface area contributed by atoms with Crippen molar-refractivity contribution < 1.29 is 4.79 Å². The molecule has 2 atom stereocenters. The van der Waals surface area contributed by atoms with Gasteiger partial charge in [-0.25, -0.2) is 4.99 Å². The zero-order chi connectivity index (χ0) is 15.1. The monoisotopic (exact) mass is 408 g/mol. The number of carbonyl (C=O) groups excluding carboxylic acids is 1. The van der Waals surface area contributed by atoms with Crippen molar-refractivity contribution >= 4 is 35.8 Å². The van der Waals surface area contributed by atoms with E-state index < -0.39 is 0 Å². The highest BCUT2D eigenvalue weighted by Crippen LogP contribution is 2.22. The van der Waals surface area contributed by atoms with E-state index in [1.165, 1.54) is 0 Å². The summed E-state index contributed by atoms with van der Waals surface area (Å²) in [5.41, 5.74) is 0. The summed E-state index contributed by atoms with van der Waals surface area (Å²) < 4.78 is 0. The Labute approximate surface area is 145 Å². The lowest BCUT2D eigenvalue weighted by Crippen LogP contribution is -2.48. The number of rotatable bonds is 4. The zero-order valence-corrected chi connectivity index (χ0v) is 16.0. The van der Waals surface area contributed by atoms with Crippen LogP contribution in [-0.4, -0.2) is 61.9 Å². The molecule has 0 aromatic rings. The third kappa shape index (κ3) is 6.67. The second-order valence-electron chi connectivity index (χ2n) is 5.79. The number of likely N-dealkylation sites (tertiary alicyclic amines) is 1. The Morgan fingerprint density at radius 1 is 1.43 bits per heavy atom. The van der Waals surface area contributed by atoms with E-state index in [2.05, 4.69) is 35.6 Å². The van der Waals surface area contributed by atoms with Crippen LogP contribution in [0.5, 0.6) is 0 Å². The van der Waals surface area contributed by atoms with Gasteiger partial charge in [0.05, 0.1) is 0 Å². The molecule has 0 saturated carbocycles. The molecule has 1 aliphatic heterocycles. The van der Waals surface area contributed by atoms with E-state index in [9.17, 15) is 4.79 Å². The van der Waals surface area contributed by atoms with Crippen LogP contribution in [0.3, 0.4) is 0 Å². The van der Waals surface area contributed by atoms with E-state index in [0.717, 1.165) is 31.4 Å². The third-order valence-electron chi connectivity index (χ3n) is 3.90. The highest BCUT2D eigenvalue weighted by atomic mass is 127. The van der Waals surface area contributed by atoms with Gasteiger partial charge in [0.15, 0.2) is 5.96 Å². The molecule has 0 aromatic carbocycles. The standard InChI is InChI=1S/C15H28N4O.HI/c1-6-8-16-15(17-10-14(20)18(4)5)19-9-7-12(2)13(3)11-19;/h6,12-13H,1,7-11H2,2-5H3,(H,16,17);1H. The fourth-order valence-electron chi connectivity index (χ4n) is 2.17. The zero-order valence-electron chi connectivity index (χ0n) is 13.6. The van der Waals surface area contributed by atoms with Crippen LogP contribution in [0.4, 0.5) is 0 Å². The first-order valence-electron chi connectivity index (χ1n) is 7.30. The minimum Gasteiger partial charge on any atom is -0.353 e. The largest absolute Gasteiger partial charge is 0.353 e. The van der Waals surface area contributed by atoms with E-state index in [4.69, 9.17) is 0 Å². The van der Waals surface area contributed by atoms with Gasteiger partial charge in [0.2, 0.25) is 5.91 Å². The molecule has 1 N–H and O–H groups in total. The Morgan fingerprint density at radius 2 is 2.10 bits per heavy atom. The van der Waals surface area contributed by atoms with Crippen LogP contribution in [-0.2, 0) is 4.79 Å². The van der Waals surface area contributed by atoms with Crippen molar-refractivity contribution in [2.45, 2.75) is 20.3 Å². The Hall–Kier alpha value is -0.790. The number of carbonyl (C=O) groups is 1. The molecular weight excluding hydrogens is 379 g/mol. The number of guanidine groups is 1. The molecule has 21 heavy (non-hydrogen) atoms. The Bertz CT molecular complexity index is 371. The van der Waals surface area contributed by atoms with Crippen LogP contribution in [0.1, 0.15) is 20.3 Å². The number of hydrogen-bond acceptors (Lipinski definition) is 2. The van der Waals surface area contributed by atoms with Crippen LogP contribution in [0.25, 0.3) is 0 Å². The number of aliphatic imine (C=N–C) groups is 1. The minimum atomic E-state index is 0. The second kappa shape index (κ2) is 10.0. The number of piperidine rings is 1. The summed E-state index contributed by atoms with van der Waals surface area (Å²) in [6.07, 6.45) is 2.97. The number of hydrogen-bond donors (Lipinski definition) is 1. The molecule has 0 radical (unpaired) electrons. The molecule has 1 aliphatic rings. The Kier molecular flexibility index (Phi) is 9.65. The molecule has 5 nitrogen and oxygen atoms in total. The van der Waals surface area contributed by atoms with E-state index in [1.807, 2.05) is 0 Å². The number of nitrogens with one attached hydrogen (secondary N) is 1. The van der Waals surface area contributed by atoms with Crippen LogP contribution < -0.4 is 5.32 Å². The topological polar surface area (TPSA) is 47.9 Å². The van der Waals surface area contributed by atoms with Crippen LogP contribution >= 0.6 is 24.0 Å². The van der Waals surface area contributed by atoms with Crippen LogP contribution in [0.15, 0.2) is 17.6 Å². The average molecular weight is 408 g/mol. The molecule has 0 spiro atoms. The first-order valence-corrected chi connectivity index (χ1v) is 7.30. The quantitative estimate of drug-likeness (QED) is 0.334. The predicted molar refractivity (Wildman–Crippen MR) is 99.1 cm³/mol. The normalized spacial score (nSPS) is 22.3. The van der Waals surface area contributed by atoms with E-state index in [1.54, 1.807) is 25.1 Å². The van der Waals surface area contributed by atoms with Crippen molar-refractivity contribution in [3.63, 3.8) is 0 Å². The van der Waals surface area contributed by atoms with Crippen molar-refractivity contribution in [3.8, 4) is 0 Å². The fourth-order valence-corrected chi connectivity index (χ4v) is 2.17. The molecule has 122 valence electrons. The van der Waals surface area contributed by atoms with Gasteiger partial charge in [-0.2, -0.15) is 0 Å². The molecule has 1 heterocycles. The van der Waals surface area contributed by atoms with Gasteiger partial charge in [-0.05, 0) is 18.3 Å². The van der Waals surface area contributed by atoms with Gasteiger partial charge < -0.3 is 15.1 Å². The summed E-state index contributed by atoms with van der Waals surface area (Å²) in [5.74, 6) is 2.22. The highest BCUT2D eigenvalue weighted by Gasteiger charge is 2.24. The van der Waals surface area contributed by atoms with E-state index >= 15 is 0 Å². The van der Waals surface area contributed by atoms with Gasteiger partial charge in [0.1, 0.15) is 6.54 Å². The van der Waals surface area contributed by atoms with Crippen molar-refractivity contribution in [2.24, 2.45) is 16.8 Å². The van der Waals surface area contributed by atoms with Crippen molar-refractivity contribution in [2.75, 3.05) is 40.3 Å². The smallest absolute Gasteiger partial charge is 0.243 e. The minimum absolute atomic E-state index is 0. The van der Waals surface area contributed by atoms with Gasteiger partial charge >= 0.3 is 0 Å². The predicted octanol–water partition coefficient (Wildman–Crippen LogP) is 1.80. The number of amides is 1. The number of likely N-dealkylation sites (N-methyl/N-ethyl adjacent to an activating group) is 1. The summed E-state index contributed by atoms with van der Waals surface area (Å²) in [4.78, 5) is 19.9. The maximum atomic E-state index is 11.7. The maximum Gasteiger partial charge on any atom is 0.243 e. The van der Waals surface area contributed by atoms with Crippen LogP contribution in [0.2, 0.25) is 0 Å². The lowest BCUT2D eigenvalue weighted by atomic mass is 9.89. The maximum absolute atomic E-state index is 11.7. The summed E-state index contributed by atoms with van der Waals surface area (Å²) in [5, 5.41) is 3.26. The van der Waals surface area contributed by atoms with Gasteiger partial charge in [-0.15, -0.1) is 30.6 Å². The molecule has 0 bridgehead atoms. The van der Waals surface area contributed by atoms with Crippen molar-refractivity contribution in [1.82, 2.24) is 15.1 Å². The molecule has 1 rings (SSSR count). The molecule has 1 saturated heterocycles. The Morgan fingerprint density at radius 3 is 2.62 bits per heavy atom. The molecule has 0 aromatic heterocycles. The van der Waals surface area contributed by atoms with Gasteiger partial charge in [-0.3, -0.25) is 4.79 Å². The molecule has 1 amide bonds.